The van der Waals surface area contributed by atoms with Crippen LogP contribution in [0, 0.1) is 0 Å². The van der Waals surface area contributed by atoms with Crippen molar-refractivity contribution in [3.05, 3.63) is 29.8 Å². The summed E-state index contributed by atoms with van der Waals surface area (Å²) in [6.45, 7) is 2.30. The fourth-order valence-corrected chi connectivity index (χ4v) is 2.21. The second kappa shape index (κ2) is 6.33. The van der Waals surface area contributed by atoms with Crippen molar-refractivity contribution in [2.24, 2.45) is 0 Å². The number of nitrogens with one attached hydrogen (secondary N) is 1. The Morgan fingerprint density at radius 3 is 2.63 bits per heavy atom. The Labute approximate surface area is 112 Å². The third kappa shape index (κ3) is 3.54. The lowest BCUT2D eigenvalue weighted by atomic mass is 10.2. The number of nitrogens with zero attached hydrogens (tertiary/aromatic N) is 1. The quantitative estimate of drug-likeness (QED) is 0.836. The molecular formula is C14H18N2O3. The molecule has 0 spiro atoms. The Morgan fingerprint density at radius 1 is 1.26 bits per heavy atom. The van der Waals surface area contributed by atoms with Gasteiger partial charge in [0.1, 0.15) is 0 Å². The van der Waals surface area contributed by atoms with E-state index in [2.05, 4.69) is 10.2 Å². The van der Waals surface area contributed by atoms with Crippen LogP contribution in [-0.4, -0.2) is 43.5 Å². The highest BCUT2D eigenvalue weighted by atomic mass is 16.5. The summed E-state index contributed by atoms with van der Waals surface area (Å²) in [5, 5.41) is 2.77. The minimum atomic E-state index is -0.447. The van der Waals surface area contributed by atoms with Gasteiger partial charge in [-0.1, -0.05) is 12.1 Å². The third-order valence-corrected chi connectivity index (χ3v) is 3.17. The molecule has 0 aromatic heterocycles. The van der Waals surface area contributed by atoms with Crippen LogP contribution in [-0.2, 0) is 9.53 Å². The Hall–Kier alpha value is -1.88. The second-order valence-corrected chi connectivity index (χ2v) is 4.57. The number of carbonyl (C=O) groups excluding carboxylic acids is 2. The molecule has 1 saturated heterocycles. The van der Waals surface area contributed by atoms with E-state index >= 15 is 0 Å². The fourth-order valence-electron chi connectivity index (χ4n) is 2.21. The summed E-state index contributed by atoms with van der Waals surface area (Å²) in [6, 6.07) is 6.85. The standard InChI is InChI=1S/C14H18N2O3/c1-19-14(18)11-6-2-3-7-12(11)15-13(17)10-16-8-4-5-9-16/h2-3,6-7H,4-5,8-10H2,1H3,(H,15,17). The Morgan fingerprint density at radius 2 is 1.95 bits per heavy atom. The average molecular weight is 262 g/mol. The minimum absolute atomic E-state index is 0.0988. The van der Waals surface area contributed by atoms with Crippen LogP contribution in [0.4, 0.5) is 5.69 Å². The maximum atomic E-state index is 11.9. The van der Waals surface area contributed by atoms with E-state index in [4.69, 9.17) is 4.74 Å². The van der Waals surface area contributed by atoms with E-state index in [1.807, 2.05) is 0 Å². The molecule has 2 rings (SSSR count). The highest BCUT2D eigenvalue weighted by molar-refractivity contribution is 6.01. The summed E-state index contributed by atoms with van der Waals surface area (Å²) < 4.78 is 4.69. The molecule has 5 nitrogen and oxygen atoms in total. The SMILES string of the molecule is COC(=O)c1ccccc1NC(=O)CN1CCCC1. The van der Waals surface area contributed by atoms with E-state index in [0.29, 0.717) is 17.8 Å². The first-order valence-electron chi connectivity index (χ1n) is 6.40. The van der Waals surface area contributed by atoms with Crippen LogP contribution in [0.5, 0.6) is 0 Å². The molecule has 0 aliphatic carbocycles. The van der Waals surface area contributed by atoms with Crippen LogP contribution in [0.1, 0.15) is 23.2 Å². The number of amides is 1. The van der Waals surface area contributed by atoms with Crippen LogP contribution >= 0.6 is 0 Å². The van der Waals surface area contributed by atoms with Crippen molar-refractivity contribution >= 4 is 17.6 Å². The van der Waals surface area contributed by atoms with Gasteiger partial charge in [-0.25, -0.2) is 4.79 Å². The van der Waals surface area contributed by atoms with E-state index < -0.39 is 5.97 Å². The smallest absolute Gasteiger partial charge is 0.339 e. The van der Waals surface area contributed by atoms with Gasteiger partial charge in [0.2, 0.25) is 5.91 Å². The zero-order valence-electron chi connectivity index (χ0n) is 11.0. The molecule has 0 radical (unpaired) electrons. The van der Waals surface area contributed by atoms with Crippen molar-refractivity contribution < 1.29 is 14.3 Å². The van der Waals surface area contributed by atoms with Gasteiger partial charge < -0.3 is 10.1 Å². The Kier molecular flexibility index (Phi) is 4.52. The third-order valence-electron chi connectivity index (χ3n) is 3.17. The zero-order valence-corrected chi connectivity index (χ0v) is 11.0. The van der Waals surface area contributed by atoms with Crippen LogP contribution in [0.2, 0.25) is 0 Å². The molecule has 1 amide bonds. The van der Waals surface area contributed by atoms with Crippen LogP contribution < -0.4 is 5.32 Å². The molecule has 19 heavy (non-hydrogen) atoms. The van der Waals surface area contributed by atoms with E-state index in [9.17, 15) is 9.59 Å². The number of ether oxygens (including phenoxy) is 1. The normalized spacial score (nSPS) is 15.2. The molecule has 1 aromatic rings. The number of rotatable bonds is 4. The summed E-state index contributed by atoms with van der Waals surface area (Å²) in [4.78, 5) is 25.6. The number of likely N-dealkylation sites (tertiary alicyclic amines) is 1. The number of anilines is 1. The van der Waals surface area contributed by atoms with Gasteiger partial charge in [0.15, 0.2) is 0 Å². The molecule has 0 atom stereocenters. The maximum Gasteiger partial charge on any atom is 0.339 e. The number of carbonyl (C=O) groups is 2. The topological polar surface area (TPSA) is 58.6 Å². The molecule has 1 N–H and O–H groups in total. The monoisotopic (exact) mass is 262 g/mol. The molecule has 0 bridgehead atoms. The second-order valence-electron chi connectivity index (χ2n) is 4.57. The summed E-state index contributed by atoms with van der Waals surface area (Å²) in [5.74, 6) is -0.546. The molecular weight excluding hydrogens is 244 g/mol. The lowest BCUT2D eigenvalue weighted by Gasteiger charge is -2.15. The first-order valence-corrected chi connectivity index (χ1v) is 6.40. The Bertz CT molecular complexity index is 468. The van der Waals surface area contributed by atoms with Crippen molar-refractivity contribution in [2.45, 2.75) is 12.8 Å². The first-order chi connectivity index (χ1) is 9.20. The largest absolute Gasteiger partial charge is 0.465 e. The van der Waals surface area contributed by atoms with Gasteiger partial charge in [-0.15, -0.1) is 0 Å². The van der Waals surface area contributed by atoms with Crippen molar-refractivity contribution in [3.8, 4) is 0 Å². The van der Waals surface area contributed by atoms with Crippen molar-refractivity contribution in [1.82, 2.24) is 4.90 Å². The highest BCUT2D eigenvalue weighted by Gasteiger charge is 2.17. The van der Waals surface area contributed by atoms with Crippen molar-refractivity contribution in [3.63, 3.8) is 0 Å². The summed E-state index contributed by atoms with van der Waals surface area (Å²) >= 11 is 0. The number of methoxy groups -OCH3 is 1. The summed E-state index contributed by atoms with van der Waals surface area (Å²) in [7, 11) is 1.32. The van der Waals surface area contributed by atoms with E-state index in [1.54, 1.807) is 24.3 Å². The van der Waals surface area contributed by atoms with Crippen molar-refractivity contribution in [2.75, 3.05) is 32.1 Å². The van der Waals surface area contributed by atoms with E-state index in [1.165, 1.54) is 7.11 Å². The van der Waals surface area contributed by atoms with Gasteiger partial charge in [0.05, 0.1) is 24.9 Å². The predicted molar refractivity (Wildman–Crippen MR) is 72.1 cm³/mol. The zero-order chi connectivity index (χ0) is 13.7. The van der Waals surface area contributed by atoms with Gasteiger partial charge in [-0.3, -0.25) is 9.69 Å². The summed E-state index contributed by atoms with van der Waals surface area (Å²) in [6.07, 6.45) is 2.29. The predicted octanol–water partition coefficient (Wildman–Crippen LogP) is 1.51. The molecule has 1 heterocycles. The number of hydrogen-bond donors (Lipinski definition) is 1. The highest BCUT2D eigenvalue weighted by Crippen LogP contribution is 2.16. The maximum absolute atomic E-state index is 11.9. The van der Waals surface area contributed by atoms with Gasteiger partial charge >= 0.3 is 5.97 Å². The molecule has 5 heteroatoms. The fraction of sp³-hybridized carbons (Fsp3) is 0.429. The molecule has 0 unspecified atom stereocenters. The lowest BCUT2D eigenvalue weighted by molar-refractivity contribution is -0.117. The molecule has 1 aliphatic rings. The lowest BCUT2D eigenvalue weighted by Crippen LogP contribution is -2.31. The average Bonchev–Trinajstić information content (AvgIpc) is 2.91. The van der Waals surface area contributed by atoms with Crippen molar-refractivity contribution in [1.29, 1.82) is 0 Å². The van der Waals surface area contributed by atoms with Gasteiger partial charge in [-0.2, -0.15) is 0 Å². The van der Waals surface area contributed by atoms with E-state index in [0.717, 1.165) is 25.9 Å². The van der Waals surface area contributed by atoms with Gasteiger partial charge in [0.25, 0.3) is 0 Å². The first kappa shape index (κ1) is 13.5. The van der Waals surface area contributed by atoms with Crippen LogP contribution in [0.25, 0.3) is 0 Å². The van der Waals surface area contributed by atoms with Crippen LogP contribution in [0.3, 0.4) is 0 Å². The molecule has 1 fully saturated rings. The molecule has 102 valence electrons. The number of benzene rings is 1. The number of hydrogen-bond acceptors (Lipinski definition) is 4. The molecule has 1 aliphatic heterocycles. The molecule has 0 saturated carbocycles. The minimum Gasteiger partial charge on any atom is -0.465 e. The summed E-state index contributed by atoms with van der Waals surface area (Å²) in [5.41, 5.74) is 0.873. The number of esters is 1. The number of para-hydroxylation sites is 1. The molecule has 1 aromatic carbocycles. The van der Waals surface area contributed by atoms with Gasteiger partial charge in [-0.05, 0) is 38.1 Å². The Balaban J connectivity index is 2.01. The van der Waals surface area contributed by atoms with Crippen LogP contribution in [0.15, 0.2) is 24.3 Å². The van der Waals surface area contributed by atoms with E-state index in [-0.39, 0.29) is 5.91 Å². The van der Waals surface area contributed by atoms with Gasteiger partial charge in [0, 0.05) is 0 Å².